The molecule has 0 aliphatic carbocycles. The summed E-state index contributed by atoms with van der Waals surface area (Å²) < 4.78 is 18.4. The van der Waals surface area contributed by atoms with Crippen molar-refractivity contribution in [3.8, 4) is 17.7 Å². The van der Waals surface area contributed by atoms with Gasteiger partial charge >= 0.3 is 0 Å². The molecular formula is C11H5ClFN3O. The van der Waals surface area contributed by atoms with Crippen LogP contribution in [0.4, 0.5) is 4.39 Å². The lowest BCUT2D eigenvalue weighted by atomic mass is 10.3. The summed E-state index contributed by atoms with van der Waals surface area (Å²) in [5.74, 6) is -0.547. The summed E-state index contributed by atoms with van der Waals surface area (Å²) in [7, 11) is 0. The predicted molar refractivity (Wildman–Crippen MR) is 58.2 cm³/mol. The molecule has 6 heteroatoms. The van der Waals surface area contributed by atoms with E-state index in [0.29, 0.717) is 0 Å². The lowest BCUT2D eigenvalue weighted by Gasteiger charge is -2.05. The lowest BCUT2D eigenvalue weighted by Crippen LogP contribution is -1.93. The Bertz CT molecular complexity index is 598. The van der Waals surface area contributed by atoms with Crippen molar-refractivity contribution >= 4 is 11.6 Å². The first kappa shape index (κ1) is 11.3. The minimum absolute atomic E-state index is 0.0838. The van der Waals surface area contributed by atoms with Gasteiger partial charge in [-0.3, -0.25) is 0 Å². The predicted octanol–water partition coefficient (Wildman–Crippen LogP) is 2.93. The Kier molecular flexibility index (Phi) is 3.17. The van der Waals surface area contributed by atoms with E-state index in [2.05, 4.69) is 9.97 Å². The van der Waals surface area contributed by atoms with Crippen molar-refractivity contribution in [1.82, 2.24) is 9.97 Å². The van der Waals surface area contributed by atoms with Gasteiger partial charge in [-0.1, -0.05) is 11.6 Å². The van der Waals surface area contributed by atoms with E-state index in [1.807, 2.05) is 6.07 Å². The van der Waals surface area contributed by atoms with E-state index >= 15 is 0 Å². The molecule has 0 aromatic carbocycles. The van der Waals surface area contributed by atoms with Crippen molar-refractivity contribution in [3.05, 3.63) is 47.1 Å². The molecule has 2 rings (SSSR count). The molecule has 0 radical (unpaired) electrons. The van der Waals surface area contributed by atoms with E-state index in [1.165, 1.54) is 30.6 Å². The maximum Gasteiger partial charge on any atom is 0.255 e. The van der Waals surface area contributed by atoms with Crippen molar-refractivity contribution in [1.29, 1.82) is 5.26 Å². The summed E-state index contributed by atoms with van der Waals surface area (Å²) in [5.41, 5.74) is 0.0838. The molecule has 2 aromatic rings. The van der Waals surface area contributed by atoms with Crippen LogP contribution in [0.3, 0.4) is 0 Å². The van der Waals surface area contributed by atoms with Gasteiger partial charge in [0.1, 0.15) is 11.8 Å². The van der Waals surface area contributed by atoms with Gasteiger partial charge in [0.2, 0.25) is 0 Å². The topological polar surface area (TPSA) is 58.8 Å². The lowest BCUT2D eigenvalue weighted by molar-refractivity contribution is 0.421. The van der Waals surface area contributed by atoms with Gasteiger partial charge in [-0.15, -0.1) is 0 Å². The molecule has 17 heavy (non-hydrogen) atoms. The second-order valence-corrected chi connectivity index (χ2v) is 3.41. The van der Waals surface area contributed by atoms with Crippen LogP contribution in [0.2, 0.25) is 5.02 Å². The average Bonchev–Trinajstić information content (AvgIpc) is 2.32. The Morgan fingerprint density at radius 2 is 2.24 bits per heavy atom. The number of rotatable bonds is 2. The number of nitrogens with zero attached hydrogens (tertiary/aromatic N) is 3. The van der Waals surface area contributed by atoms with Gasteiger partial charge in [0.05, 0.1) is 11.2 Å². The van der Waals surface area contributed by atoms with Crippen LogP contribution >= 0.6 is 11.6 Å². The molecule has 0 unspecified atom stereocenters. The first-order valence-corrected chi connectivity index (χ1v) is 4.92. The molecule has 4 nitrogen and oxygen atoms in total. The van der Waals surface area contributed by atoms with Gasteiger partial charge in [0.15, 0.2) is 11.5 Å². The van der Waals surface area contributed by atoms with Crippen LogP contribution in [0.25, 0.3) is 0 Å². The van der Waals surface area contributed by atoms with Crippen LogP contribution < -0.4 is 4.74 Å². The first-order chi connectivity index (χ1) is 8.20. The Hall–Kier alpha value is -2.19. The third kappa shape index (κ3) is 2.49. The average molecular weight is 250 g/mol. The quantitative estimate of drug-likeness (QED) is 0.821. The van der Waals surface area contributed by atoms with Crippen molar-refractivity contribution in [2.75, 3.05) is 0 Å². The van der Waals surface area contributed by atoms with E-state index in [1.54, 1.807) is 0 Å². The monoisotopic (exact) mass is 249 g/mol. The van der Waals surface area contributed by atoms with Crippen molar-refractivity contribution < 1.29 is 9.13 Å². The SMILES string of the molecule is N#Cc1ncc(Oc2ncccc2F)cc1Cl. The zero-order chi connectivity index (χ0) is 12.3. The van der Waals surface area contributed by atoms with Crippen molar-refractivity contribution in [3.63, 3.8) is 0 Å². The van der Waals surface area contributed by atoms with E-state index < -0.39 is 5.82 Å². The van der Waals surface area contributed by atoms with Crippen molar-refractivity contribution in [2.24, 2.45) is 0 Å². The van der Waals surface area contributed by atoms with Gasteiger partial charge < -0.3 is 4.74 Å². The Balaban J connectivity index is 2.29. The number of halogens is 2. The van der Waals surface area contributed by atoms with Crippen LogP contribution in [0, 0.1) is 17.1 Å². The van der Waals surface area contributed by atoms with Crippen LogP contribution in [0.15, 0.2) is 30.6 Å². The summed E-state index contributed by atoms with van der Waals surface area (Å²) >= 11 is 5.76. The van der Waals surface area contributed by atoms with Crippen molar-refractivity contribution in [2.45, 2.75) is 0 Å². The molecule has 0 fully saturated rings. The highest BCUT2D eigenvalue weighted by molar-refractivity contribution is 6.31. The van der Waals surface area contributed by atoms with Gasteiger partial charge in [-0.25, -0.2) is 14.4 Å². The molecule has 0 atom stereocenters. The highest BCUT2D eigenvalue weighted by Crippen LogP contribution is 2.24. The van der Waals surface area contributed by atoms with E-state index in [9.17, 15) is 4.39 Å². The Morgan fingerprint density at radius 3 is 2.88 bits per heavy atom. The minimum Gasteiger partial charge on any atom is -0.435 e. The second-order valence-electron chi connectivity index (χ2n) is 3.01. The number of ether oxygens (including phenoxy) is 1. The maximum absolute atomic E-state index is 13.2. The van der Waals surface area contributed by atoms with Crippen LogP contribution in [0.5, 0.6) is 11.6 Å². The molecule has 0 spiro atoms. The van der Waals surface area contributed by atoms with Gasteiger partial charge in [0, 0.05) is 12.3 Å². The molecule has 84 valence electrons. The highest BCUT2D eigenvalue weighted by atomic mass is 35.5. The largest absolute Gasteiger partial charge is 0.435 e. The van der Waals surface area contributed by atoms with Crippen LogP contribution in [-0.2, 0) is 0 Å². The second kappa shape index (κ2) is 4.76. The standard InChI is InChI=1S/C11H5ClFN3O/c12-8-4-7(6-16-10(8)5-14)17-11-9(13)2-1-3-15-11/h1-4,6H. The maximum atomic E-state index is 13.2. The fourth-order valence-corrected chi connectivity index (χ4v) is 1.31. The first-order valence-electron chi connectivity index (χ1n) is 4.54. The fraction of sp³-hybridized carbons (Fsp3) is 0. The van der Waals surface area contributed by atoms with Crippen LogP contribution in [-0.4, -0.2) is 9.97 Å². The Labute approximate surface area is 101 Å². The number of hydrogen-bond acceptors (Lipinski definition) is 4. The summed E-state index contributed by atoms with van der Waals surface area (Å²) in [4.78, 5) is 7.47. The minimum atomic E-state index is -0.590. The summed E-state index contributed by atoms with van der Waals surface area (Å²) in [6, 6.07) is 5.86. The van der Waals surface area contributed by atoms with E-state index in [-0.39, 0.29) is 22.3 Å². The number of hydrogen-bond donors (Lipinski definition) is 0. The molecule has 0 aliphatic heterocycles. The summed E-state index contributed by atoms with van der Waals surface area (Å²) in [5, 5.41) is 8.77. The van der Waals surface area contributed by atoms with Gasteiger partial charge in [-0.05, 0) is 12.1 Å². The van der Waals surface area contributed by atoms with E-state index in [0.717, 1.165) is 0 Å². The normalized spacial score (nSPS) is 9.71. The third-order valence-corrected chi connectivity index (χ3v) is 2.15. The number of nitriles is 1. The molecule has 0 saturated heterocycles. The molecule has 0 bridgehead atoms. The molecular weight excluding hydrogens is 245 g/mol. The fourth-order valence-electron chi connectivity index (χ4n) is 1.12. The zero-order valence-electron chi connectivity index (χ0n) is 8.39. The molecule has 2 aromatic heterocycles. The Morgan fingerprint density at radius 1 is 1.41 bits per heavy atom. The number of pyridine rings is 2. The molecule has 2 heterocycles. The molecule has 0 aliphatic rings. The van der Waals surface area contributed by atoms with E-state index in [4.69, 9.17) is 21.6 Å². The molecule has 0 saturated carbocycles. The van der Waals surface area contributed by atoms with Crippen LogP contribution in [0.1, 0.15) is 5.69 Å². The summed E-state index contributed by atoms with van der Waals surface area (Å²) in [6.07, 6.45) is 2.68. The zero-order valence-corrected chi connectivity index (χ0v) is 9.15. The smallest absolute Gasteiger partial charge is 0.255 e. The number of aromatic nitrogens is 2. The highest BCUT2D eigenvalue weighted by Gasteiger charge is 2.08. The molecule has 0 N–H and O–H groups in total. The van der Waals surface area contributed by atoms with Gasteiger partial charge in [-0.2, -0.15) is 5.26 Å². The summed E-state index contributed by atoms with van der Waals surface area (Å²) in [6.45, 7) is 0. The van der Waals surface area contributed by atoms with Gasteiger partial charge in [0.25, 0.3) is 5.88 Å². The third-order valence-electron chi connectivity index (χ3n) is 1.86. The molecule has 0 amide bonds.